The van der Waals surface area contributed by atoms with Crippen LogP contribution in [-0.4, -0.2) is 59.5 Å². The summed E-state index contributed by atoms with van der Waals surface area (Å²) in [6, 6.07) is 20.0. The van der Waals surface area contributed by atoms with Crippen molar-refractivity contribution in [3.05, 3.63) is 71.9 Å². The summed E-state index contributed by atoms with van der Waals surface area (Å²) in [6.07, 6.45) is 6.33. The fraction of sp³-hybridized carbons (Fsp3) is 0.419. The van der Waals surface area contributed by atoms with Crippen molar-refractivity contribution in [2.24, 2.45) is 0 Å². The molecule has 0 spiro atoms. The first-order valence-electron chi connectivity index (χ1n) is 13.5. The van der Waals surface area contributed by atoms with Gasteiger partial charge in [-0.2, -0.15) is 0 Å². The lowest BCUT2D eigenvalue weighted by atomic mass is 10.1. The fourth-order valence-electron chi connectivity index (χ4n) is 5.07. The molecule has 2 aromatic carbocycles. The molecule has 3 aromatic rings. The van der Waals surface area contributed by atoms with E-state index in [2.05, 4.69) is 23.6 Å². The molecule has 1 aromatic heterocycles. The molecule has 6 nitrogen and oxygen atoms in total. The van der Waals surface area contributed by atoms with Gasteiger partial charge in [0.1, 0.15) is 5.75 Å². The van der Waals surface area contributed by atoms with Crippen LogP contribution in [-0.2, 0) is 4.79 Å². The minimum absolute atomic E-state index is 0.0219. The number of para-hydroxylation sites is 1. The first-order chi connectivity index (χ1) is 18.0. The van der Waals surface area contributed by atoms with Gasteiger partial charge < -0.3 is 19.1 Å². The molecule has 0 atom stereocenters. The van der Waals surface area contributed by atoms with E-state index in [9.17, 15) is 9.59 Å². The third-order valence-electron chi connectivity index (χ3n) is 7.29. The third-order valence-corrected chi connectivity index (χ3v) is 7.29. The highest BCUT2D eigenvalue weighted by atomic mass is 16.5. The molecule has 2 heterocycles. The van der Waals surface area contributed by atoms with Gasteiger partial charge >= 0.3 is 0 Å². The molecule has 0 radical (unpaired) electrons. The Hall–Kier alpha value is -3.54. The van der Waals surface area contributed by atoms with Gasteiger partial charge in [0.25, 0.3) is 5.91 Å². The monoisotopic (exact) mass is 501 g/mol. The maximum Gasteiger partial charge on any atom is 0.255 e. The van der Waals surface area contributed by atoms with E-state index in [4.69, 9.17) is 4.74 Å². The summed E-state index contributed by atoms with van der Waals surface area (Å²) in [4.78, 5) is 30.2. The van der Waals surface area contributed by atoms with Crippen molar-refractivity contribution in [2.45, 2.75) is 52.4 Å². The summed E-state index contributed by atoms with van der Waals surface area (Å²) in [5, 5.41) is 0. The highest BCUT2D eigenvalue weighted by Crippen LogP contribution is 2.31. The number of amides is 2. The van der Waals surface area contributed by atoms with Crippen molar-refractivity contribution in [1.29, 1.82) is 0 Å². The van der Waals surface area contributed by atoms with Crippen LogP contribution in [0.15, 0.2) is 60.7 Å². The van der Waals surface area contributed by atoms with Crippen molar-refractivity contribution < 1.29 is 14.3 Å². The molecule has 37 heavy (non-hydrogen) atoms. The van der Waals surface area contributed by atoms with Crippen LogP contribution in [0.5, 0.6) is 5.75 Å². The standard InChI is InChI=1S/C31H39N3O3/c1-4-5-6-7-11-14-30(35)32-19-21-33(22-20-32)31(36)28-23-29(25-15-17-27(37-3)18-16-25)34(24(28)2)26-12-9-8-10-13-26/h8-10,12-13,15-18,23H,4-7,11,14,19-22H2,1-3H3. The first kappa shape index (κ1) is 26.5. The Kier molecular flexibility index (Phi) is 9.04. The Morgan fingerprint density at radius 2 is 1.49 bits per heavy atom. The summed E-state index contributed by atoms with van der Waals surface area (Å²) in [5.41, 5.74) is 4.60. The van der Waals surface area contributed by atoms with Gasteiger partial charge in [0.15, 0.2) is 0 Å². The van der Waals surface area contributed by atoms with Crippen molar-refractivity contribution in [1.82, 2.24) is 14.4 Å². The normalized spacial score (nSPS) is 13.6. The van der Waals surface area contributed by atoms with Gasteiger partial charge in [0, 0.05) is 44.0 Å². The molecule has 6 heteroatoms. The van der Waals surface area contributed by atoms with Crippen LogP contribution in [0, 0.1) is 6.92 Å². The molecule has 2 amide bonds. The summed E-state index contributed by atoms with van der Waals surface area (Å²) in [6.45, 7) is 6.53. The number of carbonyl (C=O) groups excluding carboxylic acids is 2. The van der Waals surface area contributed by atoms with Gasteiger partial charge in [-0.3, -0.25) is 9.59 Å². The van der Waals surface area contributed by atoms with Crippen LogP contribution in [0.3, 0.4) is 0 Å². The van der Waals surface area contributed by atoms with E-state index in [1.807, 2.05) is 65.3 Å². The van der Waals surface area contributed by atoms with Gasteiger partial charge in [-0.05, 0) is 61.4 Å². The Morgan fingerprint density at radius 1 is 0.838 bits per heavy atom. The van der Waals surface area contributed by atoms with Gasteiger partial charge in [0.05, 0.1) is 18.4 Å². The summed E-state index contributed by atoms with van der Waals surface area (Å²) in [5.74, 6) is 1.04. The van der Waals surface area contributed by atoms with E-state index < -0.39 is 0 Å². The number of unbranched alkanes of at least 4 members (excludes halogenated alkanes) is 4. The zero-order valence-corrected chi connectivity index (χ0v) is 22.4. The van der Waals surface area contributed by atoms with Gasteiger partial charge in [-0.1, -0.05) is 50.8 Å². The second kappa shape index (κ2) is 12.6. The molecule has 0 saturated carbocycles. The molecule has 1 fully saturated rings. The number of hydrogen-bond acceptors (Lipinski definition) is 3. The molecular weight excluding hydrogens is 462 g/mol. The largest absolute Gasteiger partial charge is 0.497 e. The average Bonchev–Trinajstić information content (AvgIpc) is 3.29. The van der Waals surface area contributed by atoms with Crippen LogP contribution in [0.2, 0.25) is 0 Å². The summed E-state index contributed by atoms with van der Waals surface area (Å²) >= 11 is 0. The maximum absolute atomic E-state index is 13.7. The van der Waals surface area contributed by atoms with Gasteiger partial charge in [-0.15, -0.1) is 0 Å². The van der Waals surface area contributed by atoms with E-state index in [0.29, 0.717) is 38.2 Å². The van der Waals surface area contributed by atoms with Crippen molar-refractivity contribution in [3.63, 3.8) is 0 Å². The van der Waals surface area contributed by atoms with Crippen LogP contribution in [0.1, 0.15) is 61.5 Å². The number of methoxy groups -OCH3 is 1. The van der Waals surface area contributed by atoms with E-state index in [1.165, 1.54) is 19.3 Å². The smallest absolute Gasteiger partial charge is 0.255 e. The third kappa shape index (κ3) is 6.24. The van der Waals surface area contributed by atoms with Crippen LogP contribution < -0.4 is 4.74 Å². The van der Waals surface area contributed by atoms with Crippen LogP contribution in [0.4, 0.5) is 0 Å². The fourth-order valence-corrected chi connectivity index (χ4v) is 5.07. The topological polar surface area (TPSA) is 54.8 Å². The van der Waals surface area contributed by atoms with Crippen LogP contribution in [0.25, 0.3) is 16.9 Å². The van der Waals surface area contributed by atoms with Crippen molar-refractivity contribution >= 4 is 11.8 Å². The quantitative estimate of drug-likeness (QED) is 0.315. The maximum atomic E-state index is 13.7. The summed E-state index contributed by atoms with van der Waals surface area (Å²) < 4.78 is 7.48. The van der Waals surface area contributed by atoms with E-state index in [-0.39, 0.29) is 11.8 Å². The molecule has 0 unspecified atom stereocenters. The molecule has 0 N–H and O–H groups in total. The van der Waals surface area contributed by atoms with E-state index in [1.54, 1.807) is 7.11 Å². The molecule has 196 valence electrons. The predicted octanol–water partition coefficient (Wildman–Crippen LogP) is 6.11. The Labute approximate surface area is 220 Å². The Bertz CT molecular complexity index is 1180. The van der Waals surface area contributed by atoms with Crippen LogP contribution >= 0.6 is 0 Å². The SMILES string of the molecule is CCCCCCCC(=O)N1CCN(C(=O)c2cc(-c3ccc(OC)cc3)n(-c3ccccc3)c2C)CC1. The lowest BCUT2D eigenvalue weighted by Crippen LogP contribution is -2.50. The highest BCUT2D eigenvalue weighted by Gasteiger charge is 2.28. The second-order valence-corrected chi connectivity index (χ2v) is 9.77. The predicted molar refractivity (Wildman–Crippen MR) is 148 cm³/mol. The number of ether oxygens (including phenoxy) is 1. The molecule has 1 saturated heterocycles. The van der Waals surface area contributed by atoms with Crippen molar-refractivity contribution in [2.75, 3.05) is 33.3 Å². The minimum Gasteiger partial charge on any atom is -0.497 e. The van der Waals surface area contributed by atoms with Crippen molar-refractivity contribution in [3.8, 4) is 22.7 Å². The average molecular weight is 502 g/mol. The lowest BCUT2D eigenvalue weighted by molar-refractivity contribution is -0.132. The molecule has 4 rings (SSSR count). The lowest BCUT2D eigenvalue weighted by Gasteiger charge is -2.35. The number of aromatic nitrogens is 1. The molecule has 1 aliphatic heterocycles. The Morgan fingerprint density at radius 3 is 2.14 bits per heavy atom. The summed E-state index contributed by atoms with van der Waals surface area (Å²) in [7, 11) is 1.66. The molecule has 0 bridgehead atoms. The molecule has 0 aliphatic carbocycles. The number of carbonyl (C=O) groups is 2. The number of rotatable bonds is 10. The number of benzene rings is 2. The first-order valence-corrected chi connectivity index (χ1v) is 13.5. The number of hydrogen-bond donors (Lipinski definition) is 0. The Balaban J connectivity index is 1.49. The van der Waals surface area contributed by atoms with E-state index in [0.717, 1.165) is 41.2 Å². The number of nitrogens with zero attached hydrogens (tertiary/aromatic N) is 3. The minimum atomic E-state index is 0.0219. The van der Waals surface area contributed by atoms with E-state index >= 15 is 0 Å². The highest BCUT2D eigenvalue weighted by molar-refractivity contribution is 5.97. The van der Waals surface area contributed by atoms with Gasteiger partial charge in [-0.25, -0.2) is 0 Å². The molecular formula is C31H39N3O3. The zero-order chi connectivity index (χ0) is 26.2. The zero-order valence-electron chi connectivity index (χ0n) is 22.4. The second-order valence-electron chi connectivity index (χ2n) is 9.77. The van der Waals surface area contributed by atoms with Gasteiger partial charge in [0.2, 0.25) is 5.91 Å². The molecule has 1 aliphatic rings. The number of piperazine rings is 1.